The smallest absolute Gasteiger partial charge is 0.257 e. The number of hydrogen-bond donors (Lipinski definition) is 2. The predicted molar refractivity (Wildman–Crippen MR) is 98.9 cm³/mol. The number of pyridine rings is 1. The van der Waals surface area contributed by atoms with Crippen LogP contribution in [-0.2, 0) is 6.54 Å². The molecule has 6 heteroatoms. The van der Waals surface area contributed by atoms with E-state index in [4.69, 9.17) is 4.74 Å². The zero-order valence-corrected chi connectivity index (χ0v) is 14.2. The molecule has 1 heterocycles. The molecule has 0 saturated heterocycles. The fraction of sp³-hybridized carbons (Fsp3) is 0.100. The van der Waals surface area contributed by atoms with E-state index in [0.29, 0.717) is 23.5 Å². The number of carbonyl (C=O) groups excluding carboxylic acids is 1. The van der Waals surface area contributed by atoms with Gasteiger partial charge in [-0.2, -0.15) is 0 Å². The number of ether oxygens (including phenoxy) is 1. The van der Waals surface area contributed by atoms with E-state index in [2.05, 4.69) is 15.6 Å². The molecule has 3 aromatic rings. The van der Waals surface area contributed by atoms with Gasteiger partial charge >= 0.3 is 0 Å². The molecular weight excluding hydrogens is 333 g/mol. The maximum Gasteiger partial charge on any atom is 0.257 e. The topological polar surface area (TPSA) is 63.2 Å². The Kier molecular flexibility index (Phi) is 5.43. The van der Waals surface area contributed by atoms with Crippen LogP contribution in [0.1, 0.15) is 15.9 Å². The number of amides is 1. The number of aromatic nitrogens is 1. The lowest BCUT2D eigenvalue weighted by atomic mass is 10.2. The fourth-order valence-electron chi connectivity index (χ4n) is 2.34. The van der Waals surface area contributed by atoms with Gasteiger partial charge in [-0.15, -0.1) is 0 Å². The zero-order chi connectivity index (χ0) is 18.4. The van der Waals surface area contributed by atoms with Crippen LogP contribution in [0, 0.1) is 5.82 Å². The quantitative estimate of drug-likeness (QED) is 0.702. The molecule has 0 unspecified atom stereocenters. The van der Waals surface area contributed by atoms with Crippen molar-refractivity contribution < 1.29 is 13.9 Å². The second-order valence-electron chi connectivity index (χ2n) is 5.62. The third-order valence-electron chi connectivity index (χ3n) is 3.76. The molecule has 0 fully saturated rings. The van der Waals surface area contributed by atoms with Crippen molar-refractivity contribution in [2.24, 2.45) is 0 Å². The van der Waals surface area contributed by atoms with Crippen molar-refractivity contribution in [2.75, 3.05) is 17.7 Å². The SMILES string of the molecule is COc1ccc(NC(=O)c2cncc(NCc3ccc(F)cc3)c2)cc1. The molecule has 2 aromatic carbocycles. The maximum absolute atomic E-state index is 12.9. The average molecular weight is 351 g/mol. The van der Waals surface area contributed by atoms with Crippen molar-refractivity contribution in [3.05, 3.63) is 83.9 Å². The minimum absolute atomic E-state index is 0.256. The Morgan fingerprint density at radius 2 is 1.77 bits per heavy atom. The summed E-state index contributed by atoms with van der Waals surface area (Å²) in [6.07, 6.45) is 3.13. The Bertz CT molecular complexity index is 880. The molecule has 5 nitrogen and oxygen atoms in total. The highest BCUT2D eigenvalue weighted by atomic mass is 19.1. The normalized spacial score (nSPS) is 10.2. The summed E-state index contributed by atoms with van der Waals surface area (Å²) < 4.78 is 18.0. The van der Waals surface area contributed by atoms with E-state index in [-0.39, 0.29) is 11.7 Å². The van der Waals surface area contributed by atoms with E-state index in [0.717, 1.165) is 11.3 Å². The van der Waals surface area contributed by atoms with Gasteiger partial charge in [-0.3, -0.25) is 9.78 Å². The van der Waals surface area contributed by atoms with E-state index < -0.39 is 0 Å². The average Bonchev–Trinajstić information content (AvgIpc) is 2.68. The second-order valence-corrected chi connectivity index (χ2v) is 5.62. The van der Waals surface area contributed by atoms with Crippen molar-refractivity contribution in [3.8, 4) is 5.75 Å². The minimum atomic E-state index is -0.271. The molecule has 132 valence electrons. The highest BCUT2D eigenvalue weighted by molar-refractivity contribution is 6.04. The van der Waals surface area contributed by atoms with Gasteiger partial charge in [0.15, 0.2) is 0 Å². The first-order valence-corrected chi connectivity index (χ1v) is 8.03. The van der Waals surface area contributed by atoms with E-state index in [1.54, 1.807) is 55.8 Å². The summed E-state index contributed by atoms with van der Waals surface area (Å²) in [5.41, 5.74) is 2.74. The lowest BCUT2D eigenvalue weighted by Crippen LogP contribution is -2.12. The summed E-state index contributed by atoms with van der Waals surface area (Å²) in [5.74, 6) is 0.192. The van der Waals surface area contributed by atoms with Gasteiger partial charge in [0.05, 0.1) is 18.4 Å². The van der Waals surface area contributed by atoms with Crippen LogP contribution < -0.4 is 15.4 Å². The summed E-state index contributed by atoms with van der Waals surface area (Å²) in [6.45, 7) is 0.505. The molecule has 2 N–H and O–H groups in total. The van der Waals surface area contributed by atoms with Gasteiger partial charge in [-0.05, 0) is 48.0 Å². The predicted octanol–water partition coefficient (Wildman–Crippen LogP) is 4.09. The molecule has 26 heavy (non-hydrogen) atoms. The lowest BCUT2D eigenvalue weighted by molar-refractivity contribution is 0.102. The molecule has 0 aliphatic carbocycles. The van der Waals surface area contributed by atoms with Gasteiger partial charge in [0.2, 0.25) is 0 Å². The van der Waals surface area contributed by atoms with Crippen LogP contribution in [0.4, 0.5) is 15.8 Å². The van der Waals surface area contributed by atoms with E-state index in [1.807, 2.05) is 0 Å². The van der Waals surface area contributed by atoms with E-state index in [1.165, 1.54) is 18.3 Å². The molecule has 0 spiro atoms. The number of benzene rings is 2. The van der Waals surface area contributed by atoms with Crippen LogP contribution in [0.5, 0.6) is 5.75 Å². The van der Waals surface area contributed by atoms with Crippen molar-refractivity contribution in [1.29, 1.82) is 0 Å². The number of hydrogen-bond acceptors (Lipinski definition) is 4. The lowest BCUT2D eigenvalue weighted by Gasteiger charge is -2.09. The molecule has 0 atom stereocenters. The Hall–Kier alpha value is -3.41. The van der Waals surface area contributed by atoms with Crippen LogP contribution >= 0.6 is 0 Å². The summed E-state index contributed by atoms with van der Waals surface area (Å²) >= 11 is 0. The highest BCUT2D eigenvalue weighted by Gasteiger charge is 2.08. The number of halogens is 1. The number of nitrogens with zero attached hydrogens (tertiary/aromatic N) is 1. The van der Waals surface area contributed by atoms with Crippen LogP contribution in [-0.4, -0.2) is 18.0 Å². The molecule has 0 bridgehead atoms. The van der Waals surface area contributed by atoms with Gasteiger partial charge in [0, 0.05) is 24.6 Å². The highest BCUT2D eigenvalue weighted by Crippen LogP contribution is 2.17. The molecule has 0 aliphatic heterocycles. The summed E-state index contributed by atoms with van der Waals surface area (Å²) in [7, 11) is 1.59. The first-order chi connectivity index (χ1) is 12.6. The number of rotatable bonds is 6. The third-order valence-corrected chi connectivity index (χ3v) is 3.76. The zero-order valence-electron chi connectivity index (χ0n) is 14.2. The minimum Gasteiger partial charge on any atom is -0.497 e. The molecule has 0 aliphatic rings. The van der Waals surface area contributed by atoms with Gasteiger partial charge < -0.3 is 15.4 Å². The third kappa shape index (κ3) is 4.57. The molecule has 0 radical (unpaired) electrons. The van der Waals surface area contributed by atoms with Crippen molar-refractivity contribution in [2.45, 2.75) is 6.54 Å². The summed E-state index contributed by atoms with van der Waals surface area (Å²) in [5, 5.41) is 5.99. The Balaban J connectivity index is 1.63. The first-order valence-electron chi connectivity index (χ1n) is 8.03. The molecule has 0 saturated carbocycles. The largest absolute Gasteiger partial charge is 0.497 e. The standard InChI is InChI=1S/C20H18FN3O2/c1-26-19-8-6-17(7-9-19)24-20(25)15-10-18(13-22-12-15)23-11-14-2-4-16(21)5-3-14/h2-10,12-13,23H,11H2,1H3,(H,24,25). The summed E-state index contributed by atoms with van der Waals surface area (Å²) in [6, 6.07) is 15.0. The van der Waals surface area contributed by atoms with Gasteiger partial charge in [-0.25, -0.2) is 4.39 Å². The molecular formula is C20H18FN3O2. The maximum atomic E-state index is 12.9. The van der Waals surface area contributed by atoms with Crippen molar-refractivity contribution in [1.82, 2.24) is 4.98 Å². The van der Waals surface area contributed by atoms with Crippen LogP contribution in [0.2, 0.25) is 0 Å². The number of carbonyl (C=O) groups is 1. The molecule has 1 aromatic heterocycles. The van der Waals surface area contributed by atoms with E-state index in [9.17, 15) is 9.18 Å². The Labute approximate surface area is 150 Å². The van der Waals surface area contributed by atoms with Crippen LogP contribution in [0.25, 0.3) is 0 Å². The van der Waals surface area contributed by atoms with Crippen LogP contribution in [0.3, 0.4) is 0 Å². The Morgan fingerprint density at radius 1 is 1.04 bits per heavy atom. The van der Waals surface area contributed by atoms with Crippen molar-refractivity contribution >= 4 is 17.3 Å². The first kappa shape index (κ1) is 17.4. The molecule has 3 rings (SSSR count). The monoisotopic (exact) mass is 351 g/mol. The molecule has 1 amide bonds. The van der Waals surface area contributed by atoms with Gasteiger partial charge in [0.25, 0.3) is 5.91 Å². The van der Waals surface area contributed by atoms with Gasteiger partial charge in [0.1, 0.15) is 11.6 Å². The fourth-order valence-corrected chi connectivity index (χ4v) is 2.34. The second kappa shape index (κ2) is 8.11. The van der Waals surface area contributed by atoms with Crippen LogP contribution in [0.15, 0.2) is 67.0 Å². The number of nitrogens with one attached hydrogen (secondary N) is 2. The number of methoxy groups -OCH3 is 1. The van der Waals surface area contributed by atoms with Crippen molar-refractivity contribution in [3.63, 3.8) is 0 Å². The Morgan fingerprint density at radius 3 is 2.46 bits per heavy atom. The number of anilines is 2. The summed E-state index contributed by atoms with van der Waals surface area (Å²) in [4.78, 5) is 16.5. The van der Waals surface area contributed by atoms with Gasteiger partial charge in [-0.1, -0.05) is 12.1 Å². The van der Waals surface area contributed by atoms with E-state index >= 15 is 0 Å².